The number of ether oxygens (including phenoxy) is 1. The molecule has 0 aliphatic heterocycles. The molecule has 1 N–H and O–H groups in total. The second-order valence-corrected chi connectivity index (χ2v) is 8.11. The van der Waals surface area contributed by atoms with Crippen molar-refractivity contribution in [3.8, 4) is 5.75 Å². The van der Waals surface area contributed by atoms with E-state index < -0.39 is 0 Å². The third-order valence-corrected chi connectivity index (χ3v) is 5.58. The maximum atomic E-state index is 12.4. The minimum atomic E-state index is 0.0941. The monoisotopic (exact) mass is 380 g/mol. The van der Waals surface area contributed by atoms with Crippen LogP contribution in [0, 0.1) is 5.92 Å². The molecule has 1 amide bonds. The van der Waals surface area contributed by atoms with Crippen LogP contribution in [0.4, 0.5) is 0 Å². The SMILES string of the molecule is CC(C)[C@@H](CNC(=O)CCc1cccc(OC2CCCC2)c1)c1cccnc1. The molecule has 1 fully saturated rings. The zero-order valence-corrected chi connectivity index (χ0v) is 17.1. The van der Waals surface area contributed by atoms with Gasteiger partial charge in [0.2, 0.25) is 5.91 Å². The molecule has 1 aromatic carbocycles. The van der Waals surface area contributed by atoms with Crippen LogP contribution in [-0.2, 0) is 11.2 Å². The first-order valence-corrected chi connectivity index (χ1v) is 10.5. The van der Waals surface area contributed by atoms with Crippen molar-refractivity contribution >= 4 is 5.91 Å². The van der Waals surface area contributed by atoms with E-state index >= 15 is 0 Å². The van der Waals surface area contributed by atoms with E-state index in [9.17, 15) is 4.79 Å². The van der Waals surface area contributed by atoms with Crippen LogP contribution in [0.25, 0.3) is 0 Å². The van der Waals surface area contributed by atoms with Crippen LogP contribution in [0.15, 0.2) is 48.8 Å². The molecule has 0 bridgehead atoms. The Kier molecular flexibility index (Phi) is 7.46. The summed E-state index contributed by atoms with van der Waals surface area (Å²) < 4.78 is 6.07. The van der Waals surface area contributed by atoms with Crippen LogP contribution in [0.5, 0.6) is 5.75 Å². The van der Waals surface area contributed by atoms with Gasteiger partial charge >= 0.3 is 0 Å². The lowest BCUT2D eigenvalue weighted by Gasteiger charge is -2.21. The predicted molar refractivity (Wildman–Crippen MR) is 112 cm³/mol. The van der Waals surface area contributed by atoms with Crippen molar-refractivity contribution in [1.82, 2.24) is 10.3 Å². The van der Waals surface area contributed by atoms with Crippen LogP contribution in [0.2, 0.25) is 0 Å². The van der Waals surface area contributed by atoms with Gasteiger partial charge < -0.3 is 10.1 Å². The van der Waals surface area contributed by atoms with Gasteiger partial charge in [0.25, 0.3) is 0 Å². The molecule has 1 atom stereocenters. The molecular weight excluding hydrogens is 348 g/mol. The Balaban J connectivity index is 1.47. The van der Waals surface area contributed by atoms with E-state index in [-0.39, 0.29) is 11.8 Å². The molecule has 150 valence electrons. The molecule has 1 saturated carbocycles. The van der Waals surface area contributed by atoms with Crippen molar-refractivity contribution in [2.24, 2.45) is 5.92 Å². The number of carbonyl (C=O) groups excluding carboxylic acids is 1. The Morgan fingerprint density at radius 2 is 2.04 bits per heavy atom. The van der Waals surface area contributed by atoms with E-state index in [1.165, 1.54) is 18.4 Å². The number of hydrogen-bond acceptors (Lipinski definition) is 3. The molecule has 1 aliphatic carbocycles. The molecule has 1 aromatic heterocycles. The van der Waals surface area contributed by atoms with Crippen LogP contribution in [0.3, 0.4) is 0 Å². The van der Waals surface area contributed by atoms with Gasteiger partial charge in [-0.3, -0.25) is 9.78 Å². The molecule has 4 heteroatoms. The number of hydrogen-bond donors (Lipinski definition) is 1. The fourth-order valence-electron chi connectivity index (χ4n) is 3.88. The number of carbonyl (C=O) groups is 1. The normalized spacial score (nSPS) is 15.5. The van der Waals surface area contributed by atoms with Crippen LogP contribution in [-0.4, -0.2) is 23.5 Å². The third-order valence-electron chi connectivity index (χ3n) is 5.58. The summed E-state index contributed by atoms with van der Waals surface area (Å²) in [4.78, 5) is 16.6. The Hall–Kier alpha value is -2.36. The van der Waals surface area contributed by atoms with Gasteiger partial charge in [-0.15, -0.1) is 0 Å². The Bertz CT molecular complexity index is 739. The highest BCUT2D eigenvalue weighted by Crippen LogP contribution is 2.25. The van der Waals surface area contributed by atoms with E-state index in [1.807, 2.05) is 24.4 Å². The van der Waals surface area contributed by atoms with Gasteiger partial charge in [-0.2, -0.15) is 0 Å². The lowest BCUT2D eigenvalue weighted by atomic mass is 9.89. The van der Waals surface area contributed by atoms with Gasteiger partial charge in [-0.25, -0.2) is 0 Å². The first-order chi connectivity index (χ1) is 13.6. The summed E-state index contributed by atoms with van der Waals surface area (Å²) in [6, 6.07) is 12.2. The molecule has 28 heavy (non-hydrogen) atoms. The number of rotatable bonds is 9. The summed E-state index contributed by atoms with van der Waals surface area (Å²) in [6.45, 7) is 5.01. The average molecular weight is 381 g/mol. The van der Waals surface area contributed by atoms with E-state index in [4.69, 9.17) is 4.74 Å². The topological polar surface area (TPSA) is 51.2 Å². The molecule has 2 aromatic rings. The molecule has 4 nitrogen and oxygen atoms in total. The lowest BCUT2D eigenvalue weighted by Crippen LogP contribution is -2.30. The number of nitrogens with zero attached hydrogens (tertiary/aromatic N) is 1. The van der Waals surface area contributed by atoms with E-state index in [1.54, 1.807) is 6.20 Å². The minimum absolute atomic E-state index is 0.0941. The fourth-order valence-corrected chi connectivity index (χ4v) is 3.88. The smallest absolute Gasteiger partial charge is 0.220 e. The quantitative estimate of drug-likeness (QED) is 0.674. The van der Waals surface area contributed by atoms with Gasteiger partial charge in [0, 0.05) is 31.3 Å². The number of pyridine rings is 1. The number of aryl methyl sites for hydroxylation is 1. The van der Waals surface area contributed by atoms with Crippen molar-refractivity contribution < 1.29 is 9.53 Å². The van der Waals surface area contributed by atoms with Gasteiger partial charge in [-0.1, -0.05) is 32.0 Å². The molecule has 3 rings (SSSR count). The summed E-state index contributed by atoms with van der Waals surface area (Å²) in [5.74, 6) is 1.74. The van der Waals surface area contributed by atoms with Crippen molar-refractivity contribution in [2.75, 3.05) is 6.54 Å². The Morgan fingerprint density at radius 3 is 2.75 bits per heavy atom. The molecular formula is C24H32N2O2. The van der Waals surface area contributed by atoms with Crippen LogP contribution in [0.1, 0.15) is 63.0 Å². The first kappa shape index (κ1) is 20.4. The summed E-state index contributed by atoms with van der Waals surface area (Å²) in [5.41, 5.74) is 2.33. The number of nitrogens with one attached hydrogen (secondary N) is 1. The third kappa shape index (κ3) is 6.08. The second kappa shape index (κ2) is 10.3. The van der Waals surface area contributed by atoms with Gasteiger partial charge in [0.15, 0.2) is 0 Å². The number of amides is 1. The summed E-state index contributed by atoms with van der Waals surface area (Å²) in [5, 5.41) is 3.11. The van der Waals surface area contributed by atoms with Crippen LogP contribution < -0.4 is 10.1 Å². The molecule has 1 heterocycles. The molecule has 0 unspecified atom stereocenters. The second-order valence-electron chi connectivity index (χ2n) is 8.11. The average Bonchev–Trinajstić information content (AvgIpc) is 3.20. The van der Waals surface area contributed by atoms with E-state index in [0.29, 0.717) is 25.0 Å². The maximum absolute atomic E-state index is 12.4. The standard InChI is InChI=1S/C24H32N2O2/c1-18(2)23(20-8-6-14-25-16-20)17-26-24(27)13-12-19-7-5-11-22(15-19)28-21-9-3-4-10-21/h5-8,11,14-16,18,21,23H,3-4,9-10,12-13,17H2,1-2H3,(H,26,27)/t23-/m1/s1. The predicted octanol–water partition coefficient (Wildman–Crippen LogP) is 4.89. The largest absolute Gasteiger partial charge is 0.490 e. The van der Waals surface area contributed by atoms with E-state index in [0.717, 1.165) is 30.6 Å². The van der Waals surface area contributed by atoms with Crippen LogP contribution >= 0.6 is 0 Å². The maximum Gasteiger partial charge on any atom is 0.220 e. The lowest BCUT2D eigenvalue weighted by molar-refractivity contribution is -0.121. The summed E-state index contributed by atoms with van der Waals surface area (Å²) in [7, 11) is 0. The van der Waals surface area contributed by atoms with Crippen molar-refractivity contribution in [2.45, 2.75) is 64.4 Å². The zero-order valence-electron chi connectivity index (χ0n) is 17.1. The highest BCUT2D eigenvalue weighted by atomic mass is 16.5. The highest BCUT2D eigenvalue weighted by Gasteiger charge is 2.18. The van der Waals surface area contributed by atoms with Gasteiger partial charge in [0.1, 0.15) is 5.75 Å². The fraction of sp³-hybridized carbons (Fsp3) is 0.500. The minimum Gasteiger partial charge on any atom is -0.490 e. The highest BCUT2D eigenvalue weighted by molar-refractivity contribution is 5.76. The summed E-state index contributed by atoms with van der Waals surface area (Å²) >= 11 is 0. The van der Waals surface area contributed by atoms with Gasteiger partial charge in [-0.05, 0) is 67.3 Å². The molecule has 1 aliphatic rings. The number of aromatic nitrogens is 1. The molecule has 0 radical (unpaired) electrons. The van der Waals surface area contributed by atoms with E-state index in [2.05, 4.69) is 42.3 Å². The van der Waals surface area contributed by atoms with Gasteiger partial charge in [0.05, 0.1) is 6.10 Å². The first-order valence-electron chi connectivity index (χ1n) is 10.5. The summed E-state index contributed by atoms with van der Waals surface area (Å²) in [6.07, 6.45) is 10.1. The zero-order chi connectivity index (χ0) is 19.8. The molecule has 0 spiro atoms. The van der Waals surface area contributed by atoms with Crippen molar-refractivity contribution in [3.05, 3.63) is 59.9 Å². The Morgan fingerprint density at radius 1 is 1.21 bits per heavy atom. The number of benzene rings is 1. The Labute approximate surface area is 168 Å². The molecule has 0 saturated heterocycles. The van der Waals surface area contributed by atoms with Crippen molar-refractivity contribution in [1.29, 1.82) is 0 Å². The van der Waals surface area contributed by atoms with Crippen molar-refractivity contribution in [3.63, 3.8) is 0 Å².